The number of carboxylic acids is 1. The molecule has 0 radical (unpaired) electrons. The van der Waals surface area contributed by atoms with Crippen LogP contribution in [0.15, 0.2) is 19.3 Å². The second kappa shape index (κ2) is 7.73. The molecule has 0 aromatic carbocycles. The first-order valence-corrected chi connectivity index (χ1v) is 7.53. The summed E-state index contributed by atoms with van der Waals surface area (Å²) < 4.78 is 10.4. The first-order valence-electron chi connectivity index (χ1n) is 5.08. The summed E-state index contributed by atoms with van der Waals surface area (Å²) in [4.78, 5) is 11.1. The van der Waals surface area contributed by atoms with E-state index in [9.17, 15) is 9.90 Å². The molecule has 2 rings (SSSR count). The Labute approximate surface area is 134 Å². The molecule has 2 heterocycles. The predicted octanol–water partition coefficient (Wildman–Crippen LogP) is -3.02. The quantitative estimate of drug-likeness (QED) is 0.403. The molecule has 2 aromatic heterocycles. The summed E-state index contributed by atoms with van der Waals surface area (Å²) in [5.74, 6) is -2.29. The Morgan fingerprint density at radius 2 is 1.75 bits per heavy atom. The van der Waals surface area contributed by atoms with Gasteiger partial charge in [0.2, 0.25) is 11.8 Å². The molecule has 0 amide bonds. The molecular weight excluding hydrogens is 299 g/mol. The van der Waals surface area contributed by atoms with Crippen LogP contribution in [-0.4, -0.2) is 38.9 Å². The number of hydrogen-bond donors (Lipinski definition) is 0. The Bertz CT molecular complexity index is 576. The predicted molar refractivity (Wildman–Crippen MR) is 63.6 cm³/mol. The van der Waals surface area contributed by atoms with Gasteiger partial charge in [-0.1, -0.05) is 23.5 Å². The monoisotopic (exact) mass is 308 g/mol. The van der Waals surface area contributed by atoms with Gasteiger partial charge in [-0.3, -0.25) is 0 Å². The third-order valence-electron chi connectivity index (χ3n) is 2.18. The molecule has 0 aliphatic heterocycles. The first kappa shape index (κ1) is 17.1. The van der Waals surface area contributed by atoms with Gasteiger partial charge in [-0.2, -0.15) is 0 Å². The molecule has 0 bridgehead atoms. The standard InChI is InChI=1S/C9H10N4O4S2.Li/c1-18-8-12-10-5(16-8)3-4(7(14)15)6-11-13-9(17-6)19-2;/h4H,3H2,1-2H3,(H,14,15);/q;+1/p-1. The van der Waals surface area contributed by atoms with Gasteiger partial charge in [-0.05, 0) is 12.5 Å². The molecule has 8 nitrogen and oxygen atoms in total. The third kappa shape index (κ3) is 4.02. The normalized spacial score (nSPS) is 11.9. The van der Waals surface area contributed by atoms with Gasteiger partial charge in [0.05, 0.1) is 11.9 Å². The number of carboxylic acid groups (broad SMARTS) is 1. The molecule has 0 N–H and O–H groups in total. The SMILES string of the molecule is CSc1nnc(CC(C(=O)[O-])c2nnc(SC)o2)o1.[Li+]. The first-order chi connectivity index (χ1) is 9.13. The summed E-state index contributed by atoms with van der Waals surface area (Å²) in [6.45, 7) is 0. The summed E-state index contributed by atoms with van der Waals surface area (Å²) >= 11 is 2.50. The molecule has 0 aliphatic carbocycles. The Balaban J connectivity index is 0.00000200. The number of rotatable bonds is 6. The van der Waals surface area contributed by atoms with Crippen molar-refractivity contribution >= 4 is 29.5 Å². The van der Waals surface area contributed by atoms with Gasteiger partial charge in [-0.15, -0.1) is 20.4 Å². The number of thioether (sulfide) groups is 2. The zero-order chi connectivity index (χ0) is 13.8. The molecule has 20 heavy (non-hydrogen) atoms. The zero-order valence-corrected chi connectivity index (χ0v) is 12.7. The van der Waals surface area contributed by atoms with Crippen molar-refractivity contribution in [2.45, 2.75) is 22.8 Å². The van der Waals surface area contributed by atoms with Crippen molar-refractivity contribution in [2.24, 2.45) is 0 Å². The maximum absolute atomic E-state index is 11.1. The molecule has 0 fully saturated rings. The average molecular weight is 308 g/mol. The van der Waals surface area contributed by atoms with Crippen molar-refractivity contribution in [3.63, 3.8) is 0 Å². The van der Waals surface area contributed by atoms with Crippen molar-refractivity contribution in [2.75, 3.05) is 12.5 Å². The largest absolute Gasteiger partial charge is 1.00 e. The van der Waals surface area contributed by atoms with Crippen molar-refractivity contribution < 1.29 is 37.6 Å². The van der Waals surface area contributed by atoms with E-state index in [4.69, 9.17) is 8.83 Å². The average Bonchev–Trinajstić information content (AvgIpc) is 3.04. The number of aromatic nitrogens is 4. The molecular formula is C9H9LiN4O4S2. The molecule has 0 aliphatic rings. The summed E-state index contributed by atoms with van der Waals surface area (Å²) in [6, 6.07) is 0. The van der Waals surface area contributed by atoms with Gasteiger partial charge < -0.3 is 18.7 Å². The maximum atomic E-state index is 11.1. The van der Waals surface area contributed by atoms with Gasteiger partial charge in [-0.25, -0.2) is 0 Å². The van der Waals surface area contributed by atoms with Crippen LogP contribution in [0.4, 0.5) is 0 Å². The van der Waals surface area contributed by atoms with Crippen molar-refractivity contribution in [3.05, 3.63) is 11.8 Å². The molecule has 1 unspecified atom stereocenters. The smallest absolute Gasteiger partial charge is 0.549 e. The third-order valence-corrected chi connectivity index (χ3v) is 3.21. The molecule has 2 aromatic rings. The minimum Gasteiger partial charge on any atom is -0.549 e. The van der Waals surface area contributed by atoms with Crippen molar-refractivity contribution in [1.29, 1.82) is 0 Å². The van der Waals surface area contributed by atoms with E-state index >= 15 is 0 Å². The number of hydrogen-bond acceptors (Lipinski definition) is 10. The van der Waals surface area contributed by atoms with E-state index < -0.39 is 11.9 Å². The van der Waals surface area contributed by atoms with Crippen LogP contribution in [0.3, 0.4) is 0 Å². The maximum Gasteiger partial charge on any atom is 1.00 e. The van der Waals surface area contributed by atoms with E-state index in [-0.39, 0.29) is 42.3 Å². The van der Waals surface area contributed by atoms with Gasteiger partial charge in [0.25, 0.3) is 10.4 Å². The molecule has 0 saturated heterocycles. The van der Waals surface area contributed by atoms with Gasteiger partial charge in [0, 0.05) is 6.42 Å². The molecule has 1 atom stereocenters. The van der Waals surface area contributed by atoms with Crippen LogP contribution in [0.1, 0.15) is 17.7 Å². The van der Waals surface area contributed by atoms with Crippen LogP contribution in [0.2, 0.25) is 0 Å². The van der Waals surface area contributed by atoms with Crippen molar-refractivity contribution in [3.8, 4) is 0 Å². The van der Waals surface area contributed by atoms with E-state index in [1.54, 1.807) is 12.5 Å². The Morgan fingerprint density at radius 1 is 1.15 bits per heavy atom. The van der Waals surface area contributed by atoms with Crippen LogP contribution in [-0.2, 0) is 11.2 Å². The molecule has 11 heteroatoms. The van der Waals surface area contributed by atoms with E-state index in [1.807, 2.05) is 0 Å². The Hall–Kier alpha value is -0.953. The Morgan fingerprint density at radius 3 is 2.25 bits per heavy atom. The van der Waals surface area contributed by atoms with Crippen LogP contribution < -0.4 is 24.0 Å². The van der Waals surface area contributed by atoms with E-state index in [1.165, 1.54) is 23.5 Å². The van der Waals surface area contributed by atoms with Crippen molar-refractivity contribution in [1.82, 2.24) is 20.4 Å². The fourth-order valence-corrected chi connectivity index (χ4v) is 1.89. The van der Waals surface area contributed by atoms with E-state index in [0.29, 0.717) is 5.22 Å². The number of carbonyl (C=O) groups is 1. The van der Waals surface area contributed by atoms with Gasteiger partial charge in [0.15, 0.2) is 0 Å². The Kier molecular flexibility index (Phi) is 6.61. The summed E-state index contributed by atoms with van der Waals surface area (Å²) in [5.41, 5.74) is 0. The fraction of sp³-hybridized carbons (Fsp3) is 0.444. The number of nitrogens with zero attached hydrogens (tertiary/aromatic N) is 4. The topological polar surface area (TPSA) is 118 Å². The van der Waals surface area contributed by atoms with Gasteiger partial charge >= 0.3 is 18.9 Å². The zero-order valence-electron chi connectivity index (χ0n) is 11.0. The van der Waals surface area contributed by atoms with Crippen LogP contribution in [0.25, 0.3) is 0 Å². The molecule has 0 saturated carbocycles. The minimum atomic E-state index is -1.33. The van der Waals surface area contributed by atoms with Crippen LogP contribution in [0.5, 0.6) is 0 Å². The second-order valence-electron chi connectivity index (χ2n) is 3.35. The minimum absolute atomic E-state index is 0. The molecule has 102 valence electrons. The fourth-order valence-electron chi connectivity index (χ4n) is 1.29. The number of aliphatic carboxylic acids is 1. The summed E-state index contributed by atoms with van der Waals surface area (Å²) in [6.07, 6.45) is 3.47. The van der Waals surface area contributed by atoms with E-state index in [2.05, 4.69) is 20.4 Å². The second-order valence-corrected chi connectivity index (χ2v) is 4.87. The van der Waals surface area contributed by atoms with E-state index in [0.717, 1.165) is 0 Å². The number of carbonyl (C=O) groups excluding carboxylic acids is 1. The van der Waals surface area contributed by atoms with Crippen LogP contribution >= 0.6 is 23.5 Å². The summed E-state index contributed by atoms with van der Waals surface area (Å²) in [5, 5.41) is 26.6. The summed E-state index contributed by atoms with van der Waals surface area (Å²) in [7, 11) is 0. The van der Waals surface area contributed by atoms with Crippen LogP contribution in [0, 0.1) is 0 Å². The van der Waals surface area contributed by atoms with Gasteiger partial charge in [0.1, 0.15) is 0 Å². The molecule has 0 spiro atoms.